The molecule has 0 saturated carbocycles. The molecular formula is C8H22N4O. The van der Waals surface area contributed by atoms with Crippen molar-refractivity contribution in [3.8, 4) is 0 Å². The van der Waals surface area contributed by atoms with Crippen molar-refractivity contribution in [2.24, 2.45) is 5.73 Å². The number of nitrogens with two attached hydrogens (primary N) is 1. The molecule has 0 aromatic rings. The number of hydrogen-bond acceptors (Lipinski definition) is 5. The number of likely N-dealkylation sites (N-methyl/N-ethyl adjacent to an activating group) is 1. The van der Waals surface area contributed by atoms with Gasteiger partial charge in [-0.15, -0.1) is 0 Å². The third-order valence-corrected chi connectivity index (χ3v) is 1.46. The van der Waals surface area contributed by atoms with E-state index >= 15 is 0 Å². The first-order valence-corrected chi connectivity index (χ1v) is 4.61. The molecule has 5 heteroatoms. The van der Waals surface area contributed by atoms with E-state index in [1.54, 1.807) is 0 Å². The largest absolute Gasteiger partial charge is 0.365 e. The Hall–Kier alpha value is -0.200. The molecule has 0 unspecified atom stereocenters. The van der Waals surface area contributed by atoms with E-state index in [1.807, 2.05) is 14.1 Å². The Morgan fingerprint density at radius 2 is 2.08 bits per heavy atom. The minimum Gasteiger partial charge on any atom is -0.365 e. The van der Waals surface area contributed by atoms with Crippen molar-refractivity contribution in [2.45, 2.75) is 0 Å². The fourth-order valence-corrected chi connectivity index (χ4v) is 0.721. The maximum atomic E-state index is 5.30. The predicted molar refractivity (Wildman–Crippen MR) is 54.4 cm³/mol. The highest BCUT2D eigenvalue weighted by Crippen LogP contribution is 1.75. The summed E-state index contributed by atoms with van der Waals surface area (Å²) in [4.78, 5) is 2.09. The van der Waals surface area contributed by atoms with E-state index in [0.717, 1.165) is 26.4 Å². The van der Waals surface area contributed by atoms with Crippen molar-refractivity contribution in [2.75, 3.05) is 53.7 Å². The van der Waals surface area contributed by atoms with E-state index < -0.39 is 0 Å². The zero-order valence-corrected chi connectivity index (χ0v) is 8.68. The van der Waals surface area contributed by atoms with Crippen molar-refractivity contribution in [1.82, 2.24) is 15.5 Å². The second kappa shape index (κ2) is 9.88. The summed E-state index contributed by atoms with van der Waals surface area (Å²) in [5, 5.41) is 6.19. The van der Waals surface area contributed by atoms with E-state index in [4.69, 9.17) is 10.5 Å². The Morgan fingerprint density at radius 3 is 2.69 bits per heavy atom. The van der Waals surface area contributed by atoms with Gasteiger partial charge in [0.15, 0.2) is 0 Å². The van der Waals surface area contributed by atoms with Crippen LogP contribution in [-0.2, 0) is 4.74 Å². The number of nitrogens with zero attached hydrogens (tertiary/aromatic N) is 1. The summed E-state index contributed by atoms with van der Waals surface area (Å²) >= 11 is 0. The van der Waals surface area contributed by atoms with Crippen molar-refractivity contribution < 1.29 is 4.74 Å². The average Bonchev–Trinajstić information content (AvgIpc) is 2.09. The van der Waals surface area contributed by atoms with Crippen LogP contribution in [-0.4, -0.2) is 58.6 Å². The Bertz CT molecular complexity index is 100. The molecule has 0 atom stereocenters. The Morgan fingerprint density at radius 1 is 1.31 bits per heavy atom. The van der Waals surface area contributed by atoms with Gasteiger partial charge in [-0.1, -0.05) is 0 Å². The summed E-state index contributed by atoms with van der Waals surface area (Å²) in [6.45, 7) is 4.56. The third kappa shape index (κ3) is 11.8. The topological polar surface area (TPSA) is 62.5 Å². The monoisotopic (exact) mass is 190 g/mol. The van der Waals surface area contributed by atoms with E-state index in [-0.39, 0.29) is 0 Å². The normalized spacial score (nSPS) is 11.1. The smallest absolute Gasteiger partial charge is 0.0975 e. The van der Waals surface area contributed by atoms with Gasteiger partial charge in [0, 0.05) is 26.3 Å². The van der Waals surface area contributed by atoms with Crippen molar-refractivity contribution in [1.29, 1.82) is 0 Å². The summed E-state index contributed by atoms with van der Waals surface area (Å²) in [6, 6.07) is 0. The lowest BCUT2D eigenvalue weighted by atomic mass is 10.6. The summed E-state index contributed by atoms with van der Waals surface area (Å²) in [5.74, 6) is 0. The molecule has 0 aromatic carbocycles. The molecule has 80 valence electrons. The molecule has 0 aliphatic heterocycles. The molecule has 0 aliphatic carbocycles. The molecular weight excluding hydrogens is 168 g/mol. The molecule has 0 aromatic heterocycles. The lowest BCUT2D eigenvalue weighted by Crippen LogP contribution is -2.34. The molecule has 0 saturated heterocycles. The standard InChI is InChI=1S/C8H22N4O/c1-12(2)5-6-13-8-11-7-10-4-3-9/h10-11H,3-9H2,1-2H3. The molecule has 0 aliphatic rings. The Kier molecular flexibility index (Phi) is 9.73. The quantitative estimate of drug-likeness (QED) is 0.309. The highest BCUT2D eigenvalue weighted by Gasteiger charge is 1.89. The molecule has 5 nitrogen and oxygen atoms in total. The lowest BCUT2D eigenvalue weighted by Gasteiger charge is -2.10. The van der Waals surface area contributed by atoms with E-state index in [0.29, 0.717) is 13.3 Å². The summed E-state index contributed by atoms with van der Waals surface area (Å²) < 4.78 is 5.30. The van der Waals surface area contributed by atoms with Crippen LogP contribution in [0.2, 0.25) is 0 Å². The lowest BCUT2D eigenvalue weighted by molar-refractivity contribution is 0.101. The fourth-order valence-electron chi connectivity index (χ4n) is 0.721. The van der Waals surface area contributed by atoms with Gasteiger partial charge in [0.2, 0.25) is 0 Å². The molecule has 0 amide bonds. The zero-order chi connectivity index (χ0) is 9.94. The molecule has 0 fully saturated rings. The van der Waals surface area contributed by atoms with Crippen molar-refractivity contribution >= 4 is 0 Å². The molecule has 0 radical (unpaired) electrons. The van der Waals surface area contributed by atoms with Crippen LogP contribution in [0.3, 0.4) is 0 Å². The van der Waals surface area contributed by atoms with Crippen LogP contribution in [0.4, 0.5) is 0 Å². The van der Waals surface area contributed by atoms with Gasteiger partial charge in [0.25, 0.3) is 0 Å². The van der Waals surface area contributed by atoms with Gasteiger partial charge in [-0.05, 0) is 14.1 Å². The van der Waals surface area contributed by atoms with Gasteiger partial charge >= 0.3 is 0 Å². The summed E-state index contributed by atoms with van der Waals surface area (Å²) in [7, 11) is 4.05. The fraction of sp³-hybridized carbons (Fsp3) is 1.00. The first-order chi connectivity index (χ1) is 6.27. The molecule has 13 heavy (non-hydrogen) atoms. The second-order valence-electron chi connectivity index (χ2n) is 3.07. The van der Waals surface area contributed by atoms with E-state index in [2.05, 4.69) is 15.5 Å². The van der Waals surface area contributed by atoms with Crippen LogP contribution < -0.4 is 16.4 Å². The van der Waals surface area contributed by atoms with Crippen molar-refractivity contribution in [3.05, 3.63) is 0 Å². The maximum absolute atomic E-state index is 5.30. The summed E-state index contributed by atoms with van der Waals surface area (Å²) in [6.07, 6.45) is 0. The van der Waals surface area contributed by atoms with Gasteiger partial charge in [0.05, 0.1) is 13.3 Å². The predicted octanol–water partition coefficient (Wildman–Crippen LogP) is -1.38. The van der Waals surface area contributed by atoms with Gasteiger partial charge in [-0.25, -0.2) is 0 Å². The second-order valence-corrected chi connectivity index (χ2v) is 3.07. The van der Waals surface area contributed by atoms with E-state index in [9.17, 15) is 0 Å². The van der Waals surface area contributed by atoms with Crippen molar-refractivity contribution in [3.63, 3.8) is 0 Å². The third-order valence-electron chi connectivity index (χ3n) is 1.46. The molecule has 0 heterocycles. The molecule has 4 N–H and O–H groups in total. The number of ether oxygens (including phenoxy) is 1. The minimum atomic E-state index is 0.589. The first kappa shape index (κ1) is 12.8. The van der Waals surface area contributed by atoms with Crippen LogP contribution >= 0.6 is 0 Å². The van der Waals surface area contributed by atoms with E-state index in [1.165, 1.54) is 0 Å². The maximum Gasteiger partial charge on any atom is 0.0975 e. The minimum absolute atomic E-state index is 0.589. The van der Waals surface area contributed by atoms with Gasteiger partial charge in [-0.3, -0.25) is 5.32 Å². The first-order valence-electron chi connectivity index (χ1n) is 4.61. The highest BCUT2D eigenvalue weighted by molar-refractivity contribution is 4.43. The Labute approximate surface area is 80.6 Å². The average molecular weight is 190 g/mol. The summed E-state index contributed by atoms with van der Waals surface area (Å²) in [5.41, 5.74) is 5.30. The molecule has 0 rings (SSSR count). The van der Waals surface area contributed by atoms with Gasteiger partial charge in [0.1, 0.15) is 0 Å². The number of rotatable bonds is 9. The van der Waals surface area contributed by atoms with Crippen LogP contribution in [0, 0.1) is 0 Å². The van der Waals surface area contributed by atoms with Gasteiger partial charge in [-0.2, -0.15) is 0 Å². The molecule has 0 spiro atoms. The van der Waals surface area contributed by atoms with Crippen LogP contribution in [0.1, 0.15) is 0 Å². The number of hydrogen-bond donors (Lipinski definition) is 3. The van der Waals surface area contributed by atoms with Crippen LogP contribution in [0.5, 0.6) is 0 Å². The van der Waals surface area contributed by atoms with Crippen LogP contribution in [0.25, 0.3) is 0 Å². The highest BCUT2D eigenvalue weighted by atomic mass is 16.5. The zero-order valence-electron chi connectivity index (χ0n) is 8.68. The van der Waals surface area contributed by atoms with Crippen LogP contribution in [0.15, 0.2) is 0 Å². The Balaban J connectivity index is 2.84. The number of nitrogens with one attached hydrogen (secondary N) is 2. The SMILES string of the molecule is CN(C)CCOCNCNCCN. The van der Waals surface area contributed by atoms with Gasteiger partial charge < -0.3 is 20.7 Å². The molecule has 0 bridgehead atoms.